The number of hydrogen-bond acceptors (Lipinski definition) is 4. The van der Waals surface area contributed by atoms with Crippen LogP contribution >= 0.6 is 23.2 Å². The van der Waals surface area contributed by atoms with Gasteiger partial charge in [-0.15, -0.1) is 0 Å². The van der Waals surface area contributed by atoms with E-state index in [9.17, 15) is 4.79 Å². The van der Waals surface area contributed by atoms with Crippen molar-refractivity contribution in [3.63, 3.8) is 0 Å². The molecule has 1 aromatic heterocycles. The summed E-state index contributed by atoms with van der Waals surface area (Å²) in [4.78, 5) is 19.0. The highest BCUT2D eigenvalue weighted by atomic mass is 35.5. The molecular formula is C22H19Cl2N3O2. The number of morpholine rings is 1. The average Bonchev–Trinajstić information content (AvgIpc) is 2.75. The second-order valence-corrected chi connectivity index (χ2v) is 7.53. The molecule has 1 amide bonds. The van der Waals surface area contributed by atoms with Crippen LogP contribution < -0.4 is 10.2 Å². The van der Waals surface area contributed by atoms with Crippen molar-refractivity contribution in [2.24, 2.45) is 0 Å². The zero-order chi connectivity index (χ0) is 20.2. The molecule has 1 saturated heterocycles. The van der Waals surface area contributed by atoms with Gasteiger partial charge in [0, 0.05) is 34.7 Å². The number of benzene rings is 2. The van der Waals surface area contributed by atoms with Gasteiger partial charge < -0.3 is 15.0 Å². The summed E-state index contributed by atoms with van der Waals surface area (Å²) in [5.74, 6) is -0.224. The van der Waals surface area contributed by atoms with Crippen molar-refractivity contribution >= 4 is 40.5 Å². The number of aromatic nitrogens is 1. The van der Waals surface area contributed by atoms with Gasteiger partial charge in [-0.3, -0.25) is 9.78 Å². The van der Waals surface area contributed by atoms with Crippen molar-refractivity contribution in [3.05, 3.63) is 77.4 Å². The third-order valence-electron chi connectivity index (χ3n) is 4.70. The van der Waals surface area contributed by atoms with Gasteiger partial charge in [-0.05, 0) is 42.5 Å². The predicted octanol–water partition coefficient (Wildman–Crippen LogP) is 5.06. The third-order valence-corrected chi connectivity index (χ3v) is 5.39. The molecule has 1 fully saturated rings. The summed E-state index contributed by atoms with van der Waals surface area (Å²) >= 11 is 12.5. The summed E-state index contributed by atoms with van der Waals surface area (Å²) in [5, 5.41) is 3.51. The lowest BCUT2D eigenvalue weighted by Gasteiger charge is -2.33. The number of nitrogens with zero attached hydrogens (tertiary/aromatic N) is 2. The fourth-order valence-corrected chi connectivity index (χ4v) is 3.69. The first-order valence-electron chi connectivity index (χ1n) is 9.22. The summed E-state index contributed by atoms with van der Waals surface area (Å²) in [6, 6.07) is 18.6. The average molecular weight is 428 g/mol. The Labute approximate surface area is 179 Å². The summed E-state index contributed by atoms with van der Waals surface area (Å²) in [5.41, 5.74) is 3.53. The predicted molar refractivity (Wildman–Crippen MR) is 117 cm³/mol. The Morgan fingerprint density at radius 3 is 2.59 bits per heavy atom. The number of carbonyl (C=O) groups excluding carboxylic acids is 1. The van der Waals surface area contributed by atoms with Gasteiger partial charge in [0.05, 0.1) is 24.5 Å². The van der Waals surface area contributed by atoms with Crippen LogP contribution in [0.5, 0.6) is 0 Å². The molecule has 1 aliphatic heterocycles. The van der Waals surface area contributed by atoms with E-state index in [1.54, 1.807) is 18.3 Å². The van der Waals surface area contributed by atoms with E-state index in [1.807, 2.05) is 48.5 Å². The number of pyridine rings is 1. The van der Waals surface area contributed by atoms with Crippen LogP contribution in [-0.4, -0.2) is 36.2 Å². The quantitative estimate of drug-likeness (QED) is 0.467. The fourth-order valence-electron chi connectivity index (χ4n) is 3.16. The lowest BCUT2D eigenvalue weighted by Crippen LogP contribution is -2.42. The van der Waals surface area contributed by atoms with Gasteiger partial charge in [0.2, 0.25) is 0 Å². The van der Waals surface area contributed by atoms with Crippen molar-refractivity contribution in [2.75, 3.05) is 30.0 Å². The summed E-state index contributed by atoms with van der Waals surface area (Å²) in [6.45, 7) is 1.89. The molecule has 7 heteroatoms. The molecule has 1 N–H and O–H groups in total. The van der Waals surface area contributed by atoms with Crippen molar-refractivity contribution in [2.45, 2.75) is 5.50 Å². The largest absolute Gasteiger partial charge is 0.376 e. The molecule has 0 bridgehead atoms. The van der Waals surface area contributed by atoms with E-state index in [2.05, 4.69) is 15.2 Å². The Morgan fingerprint density at radius 1 is 1.10 bits per heavy atom. The zero-order valence-electron chi connectivity index (χ0n) is 15.5. The van der Waals surface area contributed by atoms with Crippen molar-refractivity contribution in [1.29, 1.82) is 0 Å². The number of amides is 1. The number of carbonyl (C=O) groups is 1. The first-order valence-corrected chi connectivity index (χ1v) is 10.0. The summed E-state index contributed by atoms with van der Waals surface area (Å²) in [7, 11) is 0. The molecule has 148 valence electrons. The van der Waals surface area contributed by atoms with Gasteiger partial charge in [0.1, 0.15) is 5.50 Å². The van der Waals surface area contributed by atoms with Crippen LogP contribution in [0.25, 0.3) is 11.3 Å². The van der Waals surface area contributed by atoms with Gasteiger partial charge in [-0.2, -0.15) is 0 Å². The summed E-state index contributed by atoms with van der Waals surface area (Å²) < 4.78 is 5.36. The first-order chi connectivity index (χ1) is 14.1. The number of hydrogen-bond donors (Lipinski definition) is 1. The van der Waals surface area contributed by atoms with Crippen molar-refractivity contribution < 1.29 is 9.53 Å². The molecule has 1 aliphatic rings. The molecule has 0 radical (unpaired) electrons. The van der Waals surface area contributed by atoms with E-state index < -0.39 is 0 Å². The minimum Gasteiger partial charge on any atom is -0.376 e. The third kappa shape index (κ3) is 4.53. The maximum atomic E-state index is 12.5. The van der Waals surface area contributed by atoms with Gasteiger partial charge in [-0.25, -0.2) is 0 Å². The van der Waals surface area contributed by atoms with Crippen LogP contribution in [0.1, 0.15) is 10.4 Å². The first kappa shape index (κ1) is 19.7. The molecular weight excluding hydrogens is 409 g/mol. The van der Waals surface area contributed by atoms with Gasteiger partial charge in [0.15, 0.2) is 0 Å². The van der Waals surface area contributed by atoms with Crippen molar-refractivity contribution in [3.8, 4) is 11.3 Å². The highest BCUT2D eigenvalue weighted by Crippen LogP contribution is 2.26. The van der Waals surface area contributed by atoms with Crippen LogP contribution in [-0.2, 0) is 4.74 Å². The van der Waals surface area contributed by atoms with E-state index in [-0.39, 0.29) is 11.4 Å². The van der Waals surface area contributed by atoms with Crippen LogP contribution in [0.3, 0.4) is 0 Å². The topological polar surface area (TPSA) is 54.5 Å². The molecule has 2 heterocycles. The molecule has 0 aliphatic carbocycles. The number of rotatable bonds is 4. The Kier molecular flexibility index (Phi) is 6.00. The van der Waals surface area contributed by atoms with Crippen LogP contribution in [0.4, 0.5) is 11.4 Å². The number of anilines is 2. The number of nitrogens with one attached hydrogen (secondary N) is 1. The highest BCUT2D eigenvalue weighted by molar-refractivity contribution is 6.33. The minimum absolute atomic E-state index is 0.188. The molecule has 29 heavy (non-hydrogen) atoms. The molecule has 1 unspecified atom stereocenters. The number of ether oxygens (including phenoxy) is 1. The van der Waals surface area contributed by atoms with Gasteiger partial charge >= 0.3 is 0 Å². The fraction of sp³-hybridized carbons (Fsp3) is 0.182. The maximum absolute atomic E-state index is 12.5. The molecule has 3 aromatic rings. The maximum Gasteiger partial charge on any atom is 0.257 e. The second-order valence-electron chi connectivity index (χ2n) is 6.62. The molecule has 0 spiro atoms. The second kappa shape index (κ2) is 8.82. The number of alkyl halides is 1. The lowest BCUT2D eigenvalue weighted by atomic mass is 10.1. The Hall–Kier alpha value is -2.60. The zero-order valence-corrected chi connectivity index (χ0v) is 17.0. The molecule has 5 nitrogen and oxygen atoms in total. The van der Waals surface area contributed by atoms with Crippen LogP contribution in [0.2, 0.25) is 5.02 Å². The van der Waals surface area contributed by atoms with Gasteiger partial charge in [-0.1, -0.05) is 41.4 Å². The van der Waals surface area contributed by atoms with Crippen molar-refractivity contribution in [1.82, 2.24) is 4.98 Å². The lowest BCUT2D eigenvalue weighted by molar-refractivity contribution is 0.102. The molecule has 0 saturated carbocycles. The van der Waals surface area contributed by atoms with Crippen LogP contribution in [0, 0.1) is 0 Å². The Bertz CT molecular complexity index is 994. The van der Waals surface area contributed by atoms with E-state index in [0.29, 0.717) is 29.5 Å². The van der Waals surface area contributed by atoms with E-state index in [0.717, 1.165) is 23.5 Å². The molecule has 1 atom stereocenters. The summed E-state index contributed by atoms with van der Waals surface area (Å²) in [6.07, 6.45) is 1.55. The van der Waals surface area contributed by atoms with Gasteiger partial charge in [0.25, 0.3) is 5.91 Å². The Balaban J connectivity index is 1.43. The van der Waals surface area contributed by atoms with E-state index in [4.69, 9.17) is 27.9 Å². The SMILES string of the molecule is O=C(Nc1ccc(N2CCOCC2Cl)cc1)c1ccc(-c2ccccc2Cl)nc1. The minimum atomic E-state index is -0.224. The smallest absolute Gasteiger partial charge is 0.257 e. The molecule has 2 aromatic carbocycles. The normalized spacial score (nSPS) is 16.5. The highest BCUT2D eigenvalue weighted by Gasteiger charge is 2.20. The Morgan fingerprint density at radius 2 is 1.90 bits per heavy atom. The van der Waals surface area contributed by atoms with E-state index >= 15 is 0 Å². The molecule has 4 rings (SSSR count). The number of halogens is 2. The standard InChI is InChI=1S/C22H19Cl2N3O2/c23-19-4-2-1-3-18(19)20-10-5-15(13-25-20)22(28)26-16-6-8-17(9-7-16)27-11-12-29-14-21(27)24/h1-10,13,21H,11-12,14H2,(H,26,28). The van der Waals surface area contributed by atoms with E-state index in [1.165, 1.54) is 0 Å². The monoisotopic (exact) mass is 427 g/mol. The van der Waals surface area contributed by atoms with Crippen LogP contribution in [0.15, 0.2) is 66.9 Å².